The maximum absolute atomic E-state index is 13.0. The molecule has 2 aromatic rings. The van der Waals surface area contributed by atoms with E-state index in [0.29, 0.717) is 46.6 Å². The molecule has 0 aliphatic carbocycles. The minimum atomic E-state index is -0.149. The van der Waals surface area contributed by atoms with Crippen LogP contribution in [0.5, 0.6) is 17.2 Å². The Hall–Kier alpha value is -2.31. The van der Waals surface area contributed by atoms with E-state index in [2.05, 4.69) is 0 Å². The third kappa shape index (κ3) is 4.01. The van der Waals surface area contributed by atoms with Crippen LogP contribution in [-0.4, -0.2) is 38.7 Å². The Morgan fingerprint density at radius 2 is 1.59 bits per heavy atom. The van der Waals surface area contributed by atoms with Crippen LogP contribution in [0.25, 0.3) is 0 Å². The lowest BCUT2D eigenvalue weighted by Gasteiger charge is -2.30. The zero-order valence-electron chi connectivity index (χ0n) is 15.4. The van der Waals surface area contributed by atoms with Crippen LogP contribution in [0.4, 0.5) is 5.69 Å². The summed E-state index contributed by atoms with van der Waals surface area (Å²) >= 11 is 6.10. The first-order valence-electron chi connectivity index (χ1n) is 8.14. The smallest absolute Gasteiger partial charge is 0.257 e. The van der Waals surface area contributed by atoms with E-state index >= 15 is 0 Å². The molecule has 1 amide bonds. The van der Waals surface area contributed by atoms with Gasteiger partial charge in [-0.15, -0.1) is 12.4 Å². The molecule has 3 rings (SSSR count). The second-order valence-corrected chi connectivity index (χ2v) is 6.43. The zero-order valence-corrected chi connectivity index (χ0v) is 16.9. The average molecular weight is 413 g/mol. The Bertz CT molecular complexity index is 858. The molecule has 0 saturated heterocycles. The average Bonchev–Trinajstić information content (AvgIpc) is 2.67. The van der Waals surface area contributed by atoms with Crippen molar-refractivity contribution in [2.24, 2.45) is 0 Å². The van der Waals surface area contributed by atoms with E-state index in [9.17, 15) is 4.79 Å². The lowest BCUT2D eigenvalue weighted by molar-refractivity contribution is 0.0731. The molecule has 2 N–H and O–H groups in total. The van der Waals surface area contributed by atoms with Crippen molar-refractivity contribution in [3.05, 3.63) is 46.0 Å². The summed E-state index contributed by atoms with van der Waals surface area (Å²) in [5.41, 5.74) is 8.76. The molecule has 27 heavy (non-hydrogen) atoms. The molecular formula is C19H22Cl2N2O4. The maximum atomic E-state index is 13.0. The first-order chi connectivity index (χ1) is 12.5. The van der Waals surface area contributed by atoms with Gasteiger partial charge in [0.05, 0.1) is 37.6 Å². The summed E-state index contributed by atoms with van der Waals surface area (Å²) in [7, 11) is 4.71. The van der Waals surface area contributed by atoms with E-state index in [0.717, 1.165) is 17.5 Å². The van der Waals surface area contributed by atoms with Crippen molar-refractivity contribution >= 4 is 35.6 Å². The van der Waals surface area contributed by atoms with Crippen LogP contribution in [0.2, 0.25) is 5.02 Å². The molecule has 8 heteroatoms. The van der Waals surface area contributed by atoms with Gasteiger partial charge in [-0.05, 0) is 35.7 Å². The Balaban J connectivity index is 0.00000261. The van der Waals surface area contributed by atoms with Crippen molar-refractivity contribution in [2.75, 3.05) is 33.6 Å². The van der Waals surface area contributed by atoms with Crippen molar-refractivity contribution in [2.45, 2.75) is 13.0 Å². The van der Waals surface area contributed by atoms with Gasteiger partial charge in [-0.1, -0.05) is 11.6 Å². The molecule has 0 unspecified atom stereocenters. The number of carbonyl (C=O) groups excluding carboxylic acids is 1. The van der Waals surface area contributed by atoms with Crippen LogP contribution in [0.1, 0.15) is 21.5 Å². The van der Waals surface area contributed by atoms with Gasteiger partial charge in [-0.2, -0.15) is 0 Å². The van der Waals surface area contributed by atoms with E-state index in [-0.39, 0.29) is 18.3 Å². The summed E-state index contributed by atoms with van der Waals surface area (Å²) in [6, 6.07) is 7.01. The largest absolute Gasteiger partial charge is 0.496 e. The molecule has 0 saturated carbocycles. The first-order valence-corrected chi connectivity index (χ1v) is 8.52. The van der Waals surface area contributed by atoms with Crippen molar-refractivity contribution in [1.82, 2.24) is 4.90 Å². The van der Waals surface area contributed by atoms with Crippen LogP contribution < -0.4 is 19.9 Å². The van der Waals surface area contributed by atoms with Gasteiger partial charge < -0.3 is 24.8 Å². The number of anilines is 1. The molecule has 0 fully saturated rings. The molecule has 0 atom stereocenters. The van der Waals surface area contributed by atoms with E-state index in [1.54, 1.807) is 31.3 Å². The first kappa shape index (κ1) is 21.0. The number of rotatable bonds is 4. The third-order valence-electron chi connectivity index (χ3n) is 4.55. The molecule has 2 aromatic carbocycles. The number of benzene rings is 2. The van der Waals surface area contributed by atoms with Crippen molar-refractivity contribution in [3.8, 4) is 17.2 Å². The van der Waals surface area contributed by atoms with Crippen LogP contribution in [0.3, 0.4) is 0 Å². The fraction of sp³-hybridized carbons (Fsp3) is 0.316. The van der Waals surface area contributed by atoms with Gasteiger partial charge in [0.2, 0.25) is 0 Å². The van der Waals surface area contributed by atoms with Gasteiger partial charge in [0, 0.05) is 19.2 Å². The molecule has 6 nitrogen and oxygen atoms in total. The molecule has 1 heterocycles. The number of hydrogen-bond donors (Lipinski definition) is 1. The minimum Gasteiger partial charge on any atom is -0.496 e. The van der Waals surface area contributed by atoms with Crippen LogP contribution >= 0.6 is 24.0 Å². The summed E-state index contributed by atoms with van der Waals surface area (Å²) in [6.45, 7) is 1.06. The number of nitrogens with two attached hydrogens (primary N) is 1. The number of carbonyl (C=O) groups is 1. The number of amides is 1. The number of nitrogens with zero attached hydrogens (tertiary/aromatic N) is 1. The molecule has 1 aliphatic heterocycles. The highest BCUT2D eigenvalue weighted by molar-refractivity contribution is 6.33. The highest BCUT2D eigenvalue weighted by atomic mass is 35.5. The SMILES string of the molecule is COc1cc2c(cc1OC)CN(C(=O)c1cc(Cl)c(N)cc1OC)CC2.Cl. The molecule has 0 spiro atoms. The van der Waals surface area contributed by atoms with Gasteiger partial charge in [-0.25, -0.2) is 0 Å². The topological polar surface area (TPSA) is 74.0 Å². The van der Waals surface area contributed by atoms with E-state index in [4.69, 9.17) is 31.5 Å². The van der Waals surface area contributed by atoms with E-state index in [1.165, 1.54) is 7.11 Å². The third-order valence-corrected chi connectivity index (χ3v) is 4.88. The van der Waals surface area contributed by atoms with Crippen molar-refractivity contribution < 1.29 is 19.0 Å². The van der Waals surface area contributed by atoms with Crippen LogP contribution in [0.15, 0.2) is 24.3 Å². The number of ether oxygens (including phenoxy) is 3. The van der Waals surface area contributed by atoms with Gasteiger partial charge in [0.15, 0.2) is 11.5 Å². The number of nitrogen functional groups attached to an aromatic ring is 1. The number of halogens is 2. The molecule has 0 aromatic heterocycles. The molecular weight excluding hydrogens is 391 g/mol. The fourth-order valence-corrected chi connectivity index (χ4v) is 3.30. The highest BCUT2D eigenvalue weighted by Crippen LogP contribution is 2.35. The minimum absolute atomic E-state index is 0. The van der Waals surface area contributed by atoms with Crippen molar-refractivity contribution in [3.63, 3.8) is 0 Å². The Morgan fingerprint density at radius 1 is 1.00 bits per heavy atom. The summed E-state index contributed by atoms with van der Waals surface area (Å²) in [5.74, 6) is 1.60. The van der Waals surface area contributed by atoms with Crippen LogP contribution in [-0.2, 0) is 13.0 Å². The molecule has 1 aliphatic rings. The monoisotopic (exact) mass is 412 g/mol. The predicted molar refractivity (Wildman–Crippen MR) is 108 cm³/mol. The van der Waals surface area contributed by atoms with Crippen molar-refractivity contribution in [1.29, 1.82) is 0 Å². The maximum Gasteiger partial charge on any atom is 0.257 e. The quantitative estimate of drug-likeness (QED) is 0.776. The lowest BCUT2D eigenvalue weighted by Crippen LogP contribution is -2.36. The second kappa shape index (κ2) is 8.59. The van der Waals surface area contributed by atoms with Gasteiger partial charge in [-0.3, -0.25) is 4.79 Å². The summed E-state index contributed by atoms with van der Waals surface area (Å²) < 4.78 is 16.0. The summed E-state index contributed by atoms with van der Waals surface area (Å²) in [6.07, 6.45) is 0.729. The van der Waals surface area contributed by atoms with Crippen LogP contribution in [0, 0.1) is 0 Å². The lowest BCUT2D eigenvalue weighted by atomic mass is 9.98. The molecule has 0 bridgehead atoms. The molecule has 146 valence electrons. The predicted octanol–water partition coefficient (Wildman–Crippen LogP) is 3.57. The zero-order chi connectivity index (χ0) is 18.8. The second-order valence-electron chi connectivity index (χ2n) is 6.03. The van der Waals surface area contributed by atoms with Gasteiger partial charge in [0.1, 0.15) is 5.75 Å². The number of fused-ring (bicyclic) bond motifs is 1. The van der Waals surface area contributed by atoms with E-state index in [1.807, 2.05) is 12.1 Å². The molecule has 0 radical (unpaired) electrons. The summed E-state index contributed by atoms with van der Waals surface area (Å²) in [4.78, 5) is 14.8. The van der Waals surface area contributed by atoms with Gasteiger partial charge in [0.25, 0.3) is 5.91 Å². The standard InChI is InChI=1S/C19H21ClN2O4.ClH/c1-24-16-9-15(21)14(20)8-13(16)19(23)22-5-4-11-6-17(25-2)18(26-3)7-12(11)10-22;/h6-9H,4-5,10,21H2,1-3H3;1H. The summed E-state index contributed by atoms with van der Waals surface area (Å²) in [5, 5.41) is 0.331. The highest BCUT2D eigenvalue weighted by Gasteiger charge is 2.26. The van der Waals surface area contributed by atoms with E-state index < -0.39 is 0 Å². The number of methoxy groups -OCH3 is 3. The Morgan fingerprint density at radius 3 is 2.19 bits per heavy atom. The van der Waals surface area contributed by atoms with Gasteiger partial charge >= 0.3 is 0 Å². The number of hydrogen-bond acceptors (Lipinski definition) is 5. The normalized spacial score (nSPS) is 12.7. The Kier molecular flexibility index (Phi) is 6.68. The fourth-order valence-electron chi connectivity index (χ4n) is 3.13. The Labute approximate surface area is 169 Å².